The summed E-state index contributed by atoms with van der Waals surface area (Å²) in [6.45, 7) is 1.74. The number of aliphatic imine (C=N–C) groups is 1. The second kappa shape index (κ2) is 25.5. The molecule has 0 saturated carbocycles. The molecular weight excluding hydrogens is 1040 g/mol. The van der Waals surface area contributed by atoms with Crippen molar-refractivity contribution >= 4 is 82.3 Å². The number of para-hydroxylation sites is 2. The van der Waals surface area contributed by atoms with Gasteiger partial charge in [0.1, 0.15) is 19.3 Å². The first-order chi connectivity index (χ1) is 39.2. The fourth-order valence-corrected chi connectivity index (χ4v) is 10.2. The standard InChI is InChI=1S/C60H63N9O12/c1-36(65-56(73)32-64-55(72)16-10-9-15-54(71)61-19-20-68-57(74)17-18-58(68)75)59(76)66-42-22-37(34-80-52-28-46(41(33-70)26-50(52)78-3)62-30-43-24-39-11-5-7-13-48(39)67(43)2)21-38(23-42)35-81-53-29-47-45(27-51(53)79-4)60(77)69-44(31-63-47)25-40-12-6-8-14-49(40)69/h5-8,11-14,17-18,21-23,26-29,31,33,36,43-44,62H,9-10,15-16,19-20,24-25,30,32,34-35H2,1-4H3,(H,61,71)(H,64,72)(H,65,73)(H,66,76)/t36?,43?,44-/m0/s1. The van der Waals surface area contributed by atoms with Crippen molar-refractivity contribution in [1.82, 2.24) is 20.9 Å². The van der Waals surface area contributed by atoms with E-state index in [0.29, 0.717) is 88.1 Å². The Labute approximate surface area is 468 Å². The summed E-state index contributed by atoms with van der Waals surface area (Å²) < 4.78 is 24.3. The number of likely N-dealkylation sites (N-methyl/N-ethyl adjacent to an activating group) is 1. The zero-order valence-corrected chi connectivity index (χ0v) is 45.4. The number of rotatable bonds is 25. The van der Waals surface area contributed by atoms with Crippen LogP contribution in [0.2, 0.25) is 0 Å². The van der Waals surface area contributed by atoms with Crippen molar-refractivity contribution in [2.75, 3.05) is 67.9 Å². The Balaban J connectivity index is 0.849. The molecule has 5 aromatic rings. The van der Waals surface area contributed by atoms with Crippen molar-refractivity contribution in [3.63, 3.8) is 0 Å². The Morgan fingerprint density at radius 2 is 1.37 bits per heavy atom. The molecule has 5 N–H and O–H groups in total. The molecule has 21 heteroatoms. The van der Waals surface area contributed by atoms with E-state index in [9.17, 15) is 38.4 Å². The molecule has 420 valence electrons. The number of carbonyl (C=O) groups is 8. The fraction of sp³-hybridized carbons (Fsp3) is 0.317. The summed E-state index contributed by atoms with van der Waals surface area (Å²) in [5.41, 5.74) is 7.56. The van der Waals surface area contributed by atoms with E-state index in [0.717, 1.165) is 34.5 Å². The molecule has 0 aliphatic carbocycles. The van der Waals surface area contributed by atoms with E-state index in [1.54, 1.807) is 47.5 Å². The van der Waals surface area contributed by atoms with Crippen LogP contribution in [0, 0.1) is 0 Å². The van der Waals surface area contributed by atoms with Gasteiger partial charge in [-0.3, -0.25) is 53.1 Å². The van der Waals surface area contributed by atoms with E-state index in [4.69, 9.17) is 23.9 Å². The van der Waals surface area contributed by atoms with Crippen LogP contribution in [0.3, 0.4) is 0 Å². The molecular formula is C60H63N9O12. The Morgan fingerprint density at radius 3 is 2.04 bits per heavy atom. The molecule has 4 aliphatic rings. The third kappa shape index (κ3) is 13.3. The van der Waals surface area contributed by atoms with Gasteiger partial charge in [-0.05, 0) is 90.9 Å². The Kier molecular flexibility index (Phi) is 17.7. The van der Waals surface area contributed by atoms with Gasteiger partial charge >= 0.3 is 0 Å². The molecule has 4 heterocycles. The van der Waals surface area contributed by atoms with Gasteiger partial charge in [0.2, 0.25) is 23.6 Å². The number of anilines is 4. The molecule has 0 fully saturated rings. The Morgan fingerprint density at radius 1 is 0.741 bits per heavy atom. The highest BCUT2D eigenvalue weighted by molar-refractivity contribution is 6.15. The third-order valence-electron chi connectivity index (χ3n) is 14.4. The summed E-state index contributed by atoms with van der Waals surface area (Å²) in [5.74, 6) is -1.66. The largest absolute Gasteiger partial charge is 0.493 e. The number of amides is 7. The topological polar surface area (TPSA) is 256 Å². The number of methoxy groups -OCH3 is 2. The van der Waals surface area contributed by atoms with Gasteiger partial charge in [-0.25, -0.2) is 0 Å². The number of fused-ring (bicyclic) bond motifs is 5. The van der Waals surface area contributed by atoms with Crippen molar-refractivity contribution in [1.29, 1.82) is 0 Å². The lowest BCUT2D eigenvalue weighted by atomic mass is 10.1. The van der Waals surface area contributed by atoms with Crippen LogP contribution >= 0.6 is 0 Å². The predicted molar refractivity (Wildman–Crippen MR) is 303 cm³/mol. The normalized spacial score (nSPS) is 15.9. The summed E-state index contributed by atoms with van der Waals surface area (Å²) in [6.07, 6.45) is 7.28. The highest BCUT2D eigenvalue weighted by Gasteiger charge is 2.37. The molecule has 2 unspecified atom stereocenters. The minimum absolute atomic E-state index is 0.0319. The second-order valence-corrected chi connectivity index (χ2v) is 19.9. The average Bonchev–Trinajstić information content (AvgIpc) is 4.14. The highest BCUT2D eigenvalue weighted by Crippen LogP contribution is 2.42. The number of nitrogens with one attached hydrogen (secondary N) is 5. The third-order valence-corrected chi connectivity index (χ3v) is 14.4. The number of carbonyl (C=O) groups excluding carboxylic acids is 8. The summed E-state index contributed by atoms with van der Waals surface area (Å²) in [4.78, 5) is 111. The second-order valence-electron chi connectivity index (χ2n) is 19.9. The molecule has 3 atom stereocenters. The predicted octanol–water partition coefficient (Wildman–Crippen LogP) is 5.60. The summed E-state index contributed by atoms with van der Waals surface area (Å²) in [7, 11) is 5.01. The lowest BCUT2D eigenvalue weighted by Crippen LogP contribution is -2.45. The molecule has 4 aliphatic heterocycles. The van der Waals surface area contributed by atoms with Gasteiger partial charge in [0.15, 0.2) is 29.3 Å². The summed E-state index contributed by atoms with van der Waals surface area (Å²) in [5, 5.41) is 14.1. The Bertz CT molecular complexity index is 3320. The van der Waals surface area contributed by atoms with Crippen molar-refractivity contribution in [2.45, 2.75) is 76.8 Å². The van der Waals surface area contributed by atoms with Crippen molar-refractivity contribution in [2.24, 2.45) is 4.99 Å². The zero-order valence-electron chi connectivity index (χ0n) is 45.4. The molecule has 0 spiro atoms. The Hall–Kier alpha value is -9.53. The number of hydrogen-bond donors (Lipinski definition) is 5. The lowest BCUT2D eigenvalue weighted by molar-refractivity contribution is -0.137. The summed E-state index contributed by atoms with van der Waals surface area (Å²) >= 11 is 0. The van der Waals surface area contributed by atoms with Crippen LogP contribution in [0.1, 0.15) is 75.6 Å². The minimum Gasteiger partial charge on any atom is -0.493 e. The molecule has 0 radical (unpaired) electrons. The molecule has 9 rings (SSSR count). The van der Waals surface area contributed by atoms with Crippen LogP contribution in [0.25, 0.3) is 0 Å². The van der Waals surface area contributed by atoms with Crippen molar-refractivity contribution < 1.29 is 57.3 Å². The van der Waals surface area contributed by atoms with Gasteiger partial charge in [0.05, 0.1) is 44.1 Å². The molecule has 0 bridgehead atoms. The van der Waals surface area contributed by atoms with Crippen LogP contribution in [0.4, 0.5) is 28.4 Å². The van der Waals surface area contributed by atoms with Crippen molar-refractivity contribution in [3.8, 4) is 23.0 Å². The first kappa shape index (κ1) is 56.2. The van der Waals surface area contributed by atoms with Crippen LogP contribution in [0.15, 0.2) is 108 Å². The zero-order chi connectivity index (χ0) is 57.2. The fourth-order valence-electron chi connectivity index (χ4n) is 10.2. The van der Waals surface area contributed by atoms with Gasteiger partial charge < -0.3 is 50.4 Å². The number of aldehydes is 1. The average molecular weight is 1100 g/mol. The first-order valence-electron chi connectivity index (χ1n) is 26.6. The monoisotopic (exact) mass is 1100 g/mol. The quantitative estimate of drug-likeness (QED) is 0.0271. The SMILES string of the molecule is COc1cc2c(cc1OCc1cc(COc3cc(NCC4Cc5ccccc5N4C)c(C=O)cc3OC)cc(NC(=O)C(C)NC(=O)CNC(=O)CCCCC(=O)NCCN3C(=O)C=CC3=O)c1)N=C[C@@H]1Cc3ccccc3N1C2=O. The number of nitrogens with zero attached hydrogens (tertiary/aromatic N) is 4. The molecule has 5 aromatic carbocycles. The number of ether oxygens (including phenoxy) is 4. The number of unbranched alkanes of at least 4 members (excludes halogenated alkanes) is 1. The van der Waals surface area contributed by atoms with Crippen LogP contribution in [-0.2, 0) is 54.8 Å². The van der Waals surface area contributed by atoms with E-state index in [-0.39, 0.29) is 63.0 Å². The van der Waals surface area contributed by atoms with E-state index < -0.39 is 42.1 Å². The van der Waals surface area contributed by atoms with Gasteiger partial charge in [-0.15, -0.1) is 0 Å². The maximum absolute atomic E-state index is 14.1. The number of imide groups is 1. The van der Waals surface area contributed by atoms with Crippen LogP contribution < -0.4 is 55.3 Å². The van der Waals surface area contributed by atoms with Crippen LogP contribution in [0.5, 0.6) is 23.0 Å². The molecule has 0 aromatic heterocycles. The molecule has 0 saturated heterocycles. The molecule has 81 heavy (non-hydrogen) atoms. The van der Waals surface area contributed by atoms with E-state index >= 15 is 0 Å². The minimum atomic E-state index is -1.05. The first-order valence-corrected chi connectivity index (χ1v) is 26.6. The van der Waals surface area contributed by atoms with Gasteiger partial charge in [-0.2, -0.15) is 0 Å². The van der Waals surface area contributed by atoms with Crippen LogP contribution in [-0.4, -0.2) is 124 Å². The smallest absolute Gasteiger partial charge is 0.261 e. The maximum Gasteiger partial charge on any atom is 0.261 e. The van der Waals surface area contributed by atoms with E-state index in [1.807, 2.05) is 49.5 Å². The van der Waals surface area contributed by atoms with Gasteiger partial charge in [0.25, 0.3) is 17.7 Å². The summed E-state index contributed by atoms with van der Waals surface area (Å²) in [6, 6.07) is 26.7. The molecule has 7 amide bonds. The van der Waals surface area contributed by atoms with E-state index in [2.05, 4.69) is 43.6 Å². The van der Waals surface area contributed by atoms with E-state index in [1.165, 1.54) is 38.9 Å². The van der Waals surface area contributed by atoms with Gasteiger partial charge in [0, 0.05) is 105 Å². The number of hydrogen-bond acceptors (Lipinski definition) is 15. The highest BCUT2D eigenvalue weighted by atomic mass is 16.5. The van der Waals surface area contributed by atoms with Crippen molar-refractivity contribution in [3.05, 3.63) is 137 Å². The van der Waals surface area contributed by atoms with Gasteiger partial charge in [-0.1, -0.05) is 36.4 Å². The maximum atomic E-state index is 14.1. The molecule has 21 nitrogen and oxygen atoms in total. The lowest BCUT2D eigenvalue weighted by Gasteiger charge is -2.24. The number of benzene rings is 5.